The van der Waals surface area contributed by atoms with Gasteiger partial charge >= 0.3 is 0 Å². The number of hydrogen-bond donors (Lipinski definition) is 0. The van der Waals surface area contributed by atoms with Gasteiger partial charge < -0.3 is 9.30 Å². The normalized spacial score (nSPS) is 22.5. The fourth-order valence-corrected chi connectivity index (χ4v) is 1.26. The molecule has 0 saturated heterocycles. The topological polar surface area (TPSA) is 39.9 Å². The molecular formula is C7H11N3O. The van der Waals surface area contributed by atoms with Gasteiger partial charge in [-0.2, -0.15) is 0 Å². The Morgan fingerprint density at radius 1 is 1.82 bits per heavy atom. The highest BCUT2D eigenvalue weighted by Gasteiger charge is 2.27. The van der Waals surface area contributed by atoms with Gasteiger partial charge in [0.15, 0.2) is 5.82 Å². The lowest BCUT2D eigenvalue weighted by Crippen LogP contribution is -2.36. The van der Waals surface area contributed by atoms with E-state index in [0.29, 0.717) is 13.2 Å². The number of rotatable bonds is 0. The molecule has 2 rings (SSSR count). The molecule has 0 N–H and O–H groups in total. The number of ether oxygens (including phenoxy) is 1. The van der Waals surface area contributed by atoms with Crippen LogP contribution < -0.4 is 0 Å². The number of aromatic nitrogens is 3. The fourth-order valence-electron chi connectivity index (χ4n) is 1.26. The number of nitrogens with zero attached hydrogens (tertiary/aromatic N) is 3. The van der Waals surface area contributed by atoms with Crippen molar-refractivity contribution in [3.05, 3.63) is 12.1 Å². The Labute approximate surface area is 66.6 Å². The lowest BCUT2D eigenvalue weighted by atomic mass is 10.1. The molecule has 0 amide bonds. The van der Waals surface area contributed by atoms with Gasteiger partial charge in [-0.3, -0.25) is 0 Å². The highest BCUT2D eigenvalue weighted by molar-refractivity contribution is 4.94. The van der Waals surface area contributed by atoms with Crippen molar-refractivity contribution in [2.45, 2.75) is 26.0 Å². The molecule has 60 valence electrons. The summed E-state index contributed by atoms with van der Waals surface area (Å²) in [6.45, 7) is 5.10. The third-order valence-electron chi connectivity index (χ3n) is 1.86. The Bertz CT molecular complexity index is 308. The molecular weight excluding hydrogens is 142 g/mol. The molecule has 1 aromatic heterocycles. The predicted octanol–water partition coefficient (Wildman–Crippen LogP) is 0.543. The Morgan fingerprint density at radius 3 is 3.36 bits per heavy atom. The summed E-state index contributed by atoms with van der Waals surface area (Å²) in [7, 11) is 0. The molecule has 0 atom stereocenters. The Kier molecular flexibility index (Phi) is 1.06. The Hall–Kier alpha value is -0.900. The minimum atomic E-state index is -0.186. The van der Waals surface area contributed by atoms with Gasteiger partial charge in [-0.15, -0.1) is 10.2 Å². The maximum Gasteiger partial charge on any atom is 0.159 e. The molecule has 0 spiro atoms. The van der Waals surface area contributed by atoms with E-state index in [-0.39, 0.29) is 11.8 Å². The Morgan fingerprint density at radius 2 is 2.64 bits per heavy atom. The monoisotopic (exact) mass is 154 g/mol. The minimum Gasteiger partial charge on any atom is -0.371 e. The standard InChI is InChI=1S/C7H11N3O/c1-7(2)4-11-3-6-9-8-5-10(6)7/h5H,3-4H2,1-2H3/i5D. The lowest BCUT2D eigenvalue weighted by Gasteiger charge is -2.31. The van der Waals surface area contributed by atoms with E-state index in [1.165, 1.54) is 0 Å². The molecule has 11 heavy (non-hydrogen) atoms. The van der Waals surface area contributed by atoms with E-state index in [1.54, 1.807) is 0 Å². The molecule has 0 radical (unpaired) electrons. The van der Waals surface area contributed by atoms with Crippen LogP contribution in [0.3, 0.4) is 0 Å². The van der Waals surface area contributed by atoms with E-state index in [4.69, 9.17) is 6.11 Å². The summed E-state index contributed by atoms with van der Waals surface area (Å²) in [5.41, 5.74) is -0.186. The Balaban J connectivity index is 2.56. The molecule has 1 aliphatic heterocycles. The van der Waals surface area contributed by atoms with Gasteiger partial charge in [0.2, 0.25) is 0 Å². The fraction of sp³-hybridized carbons (Fsp3) is 0.714. The number of fused-ring (bicyclic) bond motifs is 1. The van der Waals surface area contributed by atoms with Crippen molar-refractivity contribution >= 4 is 0 Å². The van der Waals surface area contributed by atoms with Crippen molar-refractivity contribution in [2.75, 3.05) is 6.61 Å². The van der Waals surface area contributed by atoms with Crippen LogP contribution in [-0.2, 0) is 16.9 Å². The first-order chi connectivity index (χ1) is 5.61. The van der Waals surface area contributed by atoms with E-state index in [0.717, 1.165) is 5.82 Å². The van der Waals surface area contributed by atoms with Gasteiger partial charge in [0, 0.05) is 0 Å². The van der Waals surface area contributed by atoms with Gasteiger partial charge in [-0.25, -0.2) is 0 Å². The van der Waals surface area contributed by atoms with Crippen LogP contribution in [0.25, 0.3) is 0 Å². The average Bonchev–Trinajstić information content (AvgIpc) is 2.32. The van der Waals surface area contributed by atoms with Crippen molar-refractivity contribution in [3.63, 3.8) is 0 Å². The second-order valence-corrected chi connectivity index (χ2v) is 3.36. The third kappa shape index (κ3) is 0.939. The van der Waals surface area contributed by atoms with Crippen molar-refractivity contribution in [1.82, 2.24) is 14.8 Å². The first kappa shape index (κ1) is 5.71. The summed E-state index contributed by atoms with van der Waals surface area (Å²) in [6.07, 6.45) is 0.221. The predicted molar refractivity (Wildman–Crippen MR) is 39.0 cm³/mol. The molecule has 0 aliphatic carbocycles. The summed E-state index contributed by atoms with van der Waals surface area (Å²) < 4.78 is 14.7. The summed E-state index contributed by atoms with van der Waals surface area (Å²) in [6, 6.07) is 0. The van der Waals surface area contributed by atoms with E-state index in [1.807, 2.05) is 18.4 Å². The quantitative estimate of drug-likeness (QED) is 0.547. The molecule has 2 heterocycles. The van der Waals surface area contributed by atoms with Gasteiger partial charge in [0.25, 0.3) is 0 Å². The summed E-state index contributed by atoms with van der Waals surface area (Å²) in [5.74, 6) is 0.747. The van der Waals surface area contributed by atoms with Gasteiger partial charge in [-0.05, 0) is 13.8 Å². The molecule has 0 fully saturated rings. The molecule has 1 aliphatic rings. The van der Waals surface area contributed by atoms with Crippen LogP contribution in [0.1, 0.15) is 21.0 Å². The molecule has 1 aromatic rings. The van der Waals surface area contributed by atoms with Crippen LogP contribution in [0.2, 0.25) is 0 Å². The van der Waals surface area contributed by atoms with Crippen LogP contribution >= 0.6 is 0 Å². The lowest BCUT2D eigenvalue weighted by molar-refractivity contribution is 0.0182. The van der Waals surface area contributed by atoms with Crippen LogP contribution in [-0.4, -0.2) is 21.4 Å². The zero-order valence-corrected chi connectivity index (χ0v) is 6.66. The van der Waals surface area contributed by atoms with Crippen LogP contribution in [0, 0.1) is 0 Å². The van der Waals surface area contributed by atoms with Crippen LogP contribution in [0.4, 0.5) is 0 Å². The molecule has 0 aromatic carbocycles. The van der Waals surface area contributed by atoms with Crippen LogP contribution in [0.15, 0.2) is 6.30 Å². The smallest absolute Gasteiger partial charge is 0.159 e. The first-order valence-corrected chi connectivity index (χ1v) is 3.60. The van der Waals surface area contributed by atoms with E-state index in [2.05, 4.69) is 10.2 Å². The third-order valence-corrected chi connectivity index (χ3v) is 1.86. The summed E-state index contributed by atoms with van der Waals surface area (Å²) >= 11 is 0. The van der Waals surface area contributed by atoms with Crippen molar-refractivity contribution in [1.29, 1.82) is 0 Å². The van der Waals surface area contributed by atoms with Crippen molar-refractivity contribution in [3.8, 4) is 0 Å². The highest BCUT2D eigenvalue weighted by Crippen LogP contribution is 2.21. The van der Waals surface area contributed by atoms with Crippen molar-refractivity contribution < 1.29 is 6.11 Å². The summed E-state index contributed by atoms with van der Waals surface area (Å²) in [5, 5.41) is 7.55. The van der Waals surface area contributed by atoms with Crippen molar-refractivity contribution in [2.24, 2.45) is 0 Å². The zero-order chi connectivity index (χ0) is 8.77. The van der Waals surface area contributed by atoms with Crippen LogP contribution in [0.5, 0.6) is 0 Å². The molecule has 4 nitrogen and oxygen atoms in total. The SMILES string of the molecule is [2H]c1nnc2n1C(C)(C)COC2. The number of hydrogen-bond acceptors (Lipinski definition) is 3. The second-order valence-electron chi connectivity index (χ2n) is 3.36. The first-order valence-electron chi connectivity index (χ1n) is 4.10. The van der Waals surface area contributed by atoms with Gasteiger partial charge in [0.05, 0.1) is 12.1 Å². The molecule has 0 bridgehead atoms. The highest BCUT2D eigenvalue weighted by atomic mass is 16.5. The van der Waals surface area contributed by atoms with Gasteiger partial charge in [-0.1, -0.05) is 0 Å². The summed E-state index contributed by atoms with van der Waals surface area (Å²) in [4.78, 5) is 0. The maximum absolute atomic E-state index is 7.52. The molecule has 4 heteroatoms. The average molecular weight is 154 g/mol. The van der Waals surface area contributed by atoms with Gasteiger partial charge in [0.1, 0.15) is 14.3 Å². The van der Waals surface area contributed by atoms with E-state index < -0.39 is 0 Å². The van der Waals surface area contributed by atoms with E-state index >= 15 is 0 Å². The second kappa shape index (κ2) is 2.04. The van der Waals surface area contributed by atoms with E-state index in [9.17, 15) is 0 Å². The zero-order valence-electron chi connectivity index (χ0n) is 7.66. The maximum atomic E-state index is 7.52. The molecule has 0 unspecified atom stereocenters. The largest absolute Gasteiger partial charge is 0.371 e. The molecule has 0 saturated carbocycles. The minimum absolute atomic E-state index is 0.186.